The Morgan fingerprint density at radius 3 is 3.04 bits per heavy atom. The van der Waals surface area contributed by atoms with Crippen LogP contribution in [0.3, 0.4) is 0 Å². The molecule has 9 heteroatoms. The fraction of sp³-hybridized carbons (Fsp3) is 0.222. The Labute approximate surface area is 159 Å². The summed E-state index contributed by atoms with van der Waals surface area (Å²) < 4.78 is 12.1. The van der Waals surface area contributed by atoms with Crippen molar-refractivity contribution in [2.45, 2.75) is 19.5 Å². The van der Waals surface area contributed by atoms with Gasteiger partial charge in [0.05, 0.1) is 24.7 Å². The average Bonchev–Trinajstić information content (AvgIpc) is 3.26. The summed E-state index contributed by atoms with van der Waals surface area (Å²) in [6.45, 7) is 1.95. The lowest BCUT2D eigenvalue weighted by Crippen LogP contribution is -2.13. The highest BCUT2D eigenvalue weighted by Gasteiger charge is 2.17. The highest BCUT2D eigenvalue weighted by molar-refractivity contribution is 6.31. The van der Waals surface area contributed by atoms with Crippen molar-refractivity contribution in [1.82, 2.24) is 19.7 Å². The molecule has 3 aromatic heterocycles. The minimum absolute atomic E-state index is 0.0175. The summed E-state index contributed by atoms with van der Waals surface area (Å²) in [5.41, 5.74) is 1.31. The number of rotatable bonds is 5. The van der Waals surface area contributed by atoms with Crippen LogP contribution in [0.2, 0.25) is 5.02 Å². The van der Waals surface area contributed by atoms with Gasteiger partial charge in [-0.2, -0.15) is 5.10 Å². The van der Waals surface area contributed by atoms with Gasteiger partial charge in [-0.05, 0) is 31.2 Å². The largest absolute Gasteiger partial charge is 0.468 e. The molecule has 1 unspecified atom stereocenters. The van der Waals surface area contributed by atoms with Gasteiger partial charge in [-0.15, -0.1) is 0 Å². The summed E-state index contributed by atoms with van der Waals surface area (Å²) in [6.07, 6.45) is 3.04. The summed E-state index contributed by atoms with van der Waals surface area (Å²) in [4.78, 5) is 20.0. The molecule has 4 rings (SSSR count). The summed E-state index contributed by atoms with van der Waals surface area (Å²) in [6, 6.07) is 7.28. The highest BCUT2D eigenvalue weighted by atomic mass is 35.5. The summed E-state index contributed by atoms with van der Waals surface area (Å²) in [5.74, 6) is 0.950. The first-order valence-electron chi connectivity index (χ1n) is 8.24. The molecule has 27 heavy (non-hydrogen) atoms. The zero-order valence-electron chi connectivity index (χ0n) is 14.6. The molecule has 4 aromatic rings. The monoisotopic (exact) mass is 385 g/mol. The first-order chi connectivity index (χ1) is 13.0. The number of nitrogens with one attached hydrogen (secondary N) is 1. The van der Waals surface area contributed by atoms with Gasteiger partial charge >= 0.3 is 5.97 Å². The molecule has 0 aliphatic carbocycles. The van der Waals surface area contributed by atoms with E-state index in [-0.39, 0.29) is 12.6 Å². The van der Waals surface area contributed by atoms with Gasteiger partial charge in [0, 0.05) is 10.4 Å². The lowest BCUT2D eigenvalue weighted by atomic mass is 10.2. The van der Waals surface area contributed by atoms with Gasteiger partial charge in [0.15, 0.2) is 5.65 Å². The molecule has 0 bridgehead atoms. The van der Waals surface area contributed by atoms with Crippen LogP contribution in [0, 0.1) is 0 Å². The van der Waals surface area contributed by atoms with Crippen molar-refractivity contribution < 1.29 is 13.9 Å². The van der Waals surface area contributed by atoms with Gasteiger partial charge in [0.2, 0.25) is 0 Å². The molecule has 0 aliphatic heterocycles. The van der Waals surface area contributed by atoms with E-state index in [0.29, 0.717) is 21.9 Å². The van der Waals surface area contributed by atoms with E-state index < -0.39 is 5.97 Å². The average molecular weight is 386 g/mol. The zero-order valence-corrected chi connectivity index (χ0v) is 15.4. The number of ether oxygens (including phenoxy) is 1. The number of anilines is 1. The molecule has 0 amide bonds. The molecule has 0 radical (unpaired) electrons. The van der Waals surface area contributed by atoms with Gasteiger partial charge in [-0.25, -0.2) is 14.6 Å². The molecule has 3 heterocycles. The molecular weight excluding hydrogens is 370 g/mol. The van der Waals surface area contributed by atoms with Crippen molar-refractivity contribution >= 4 is 45.4 Å². The Morgan fingerprint density at radius 1 is 1.37 bits per heavy atom. The number of halogens is 1. The summed E-state index contributed by atoms with van der Waals surface area (Å²) in [7, 11) is 1.33. The second-order valence-electron chi connectivity index (χ2n) is 6.03. The van der Waals surface area contributed by atoms with Crippen molar-refractivity contribution in [3.63, 3.8) is 0 Å². The second-order valence-corrected chi connectivity index (χ2v) is 6.47. The quantitative estimate of drug-likeness (QED) is 0.524. The molecule has 138 valence electrons. The maximum Gasteiger partial charge on any atom is 0.327 e. The Balaban J connectivity index is 1.63. The van der Waals surface area contributed by atoms with E-state index in [1.807, 2.05) is 25.1 Å². The van der Waals surface area contributed by atoms with Gasteiger partial charge in [-0.1, -0.05) is 11.6 Å². The van der Waals surface area contributed by atoms with E-state index in [4.69, 9.17) is 16.0 Å². The van der Waals surface area contributed by atoms with E-state index in [1.54, 1.807) is 12.3 Å². The topological polar surface area (TPSA) is 95.1 Å². The Bertz CT molecular complexity index is 1140. The molecule has 1 aromatic carbocycles. The number of carbonyl (C=O) groups excluding carboxylic acids is 1. The van der Waals surface area contributed by atoms with Crippen molar-refractivity contribution in [3.05, 3.63) is 47.6 Å². The van der Waals surface area contributed by atoms with E-state index in [1.165, 1.54) is 18.1 Å². The number of esters is 1. The third-order valence-corrected chi connectivity index (χ3v) is 4.45. The minimum atomic E-state index is -0.401. The molecule has 1 atom stereocenters. The summed E-state index contributed by atoms with van der Waals surface area (Å²) in [5, 5.41) is 9.81. The van der Waals surface area contributed by atoms with Gasteiger partial charge in [-0.3, -0.25) is 4.79 Å². The normalized spacial score (nSPS) is 12.4. The Hall–Kier alpha value is -3.13. The van der Waals surface area contributed by atoms with E-state index in [0.717, 1.165) is 16.7 Å². The van der Waals surface area contributed by atoms with Crippen LogP contribution < -0.4 is 5.32 Å². The van der Waals surface area contributed by atoms with Crippen LogP contribution in [0.25, 0.3) is 22.0 Å². The standard InChI is InChI=1S/C18H16ClN5O3/c1-10(15-6-11-5-12(19)3-4-14(11)27-15)23-17-13-7-22-24(8-16(25)26-2)18(13)21-9-20-17/h3-7,9-10H,8H2,1-2H3,(H,20,21,23). The SMILES string of the molecule is COC(=O)Cn1ncc2c(NC(C)c3cc4cc(Cl)ccc4o3)ncnc21. The van der Waals surface area contributed by atoms with E-state index in [9.17, 15) is 4.79 Å². The number of furan rings is 1. The van der Waals surface area contributed by atoms with Crippen LogP contribution in [0.4, 0.5) is 5.82 Å². The highest BCUT2D eigenvalue weighted by Crippen LogP contribution is 2.29. The third-order valence-electron chi connectivity index (χ3n) is 4.22. The fourth-order valence-corrected chi connectivity index (χ4v) is 3.02. The van der Waals surface area contributed by atoms with Gasteiger partial charge in [0.25, 0.3) is 0 Å². The number of hydrogen-bond donors (Lipinski definition) is 1. The lowest BCUT2D eigenvalue weighted by Gasteiger charge is -2.12. The molecule has 0 aliphatic rings. The number of nitrogens with zero attached hydrogens (tertiary/aromatic N) is 4. The molecule has 0 saturated heterocycles. The molecule has 0 saturated carbocycles. The predicted octanol–water partition coefficient (Wildman–Crippen LogP) is 3.57. The third kappa shape index (κ3) is 3.31. The first kappa shape index (κ1) is 17.3. The van der Waals surface area contributed by atoms with Crippen LogP contribution in [-0.4, -0.2) is 32.8 Å². The van der Waals surface area contributed by atoms with Crippen LogP contribution in [0.1, 0.15) is 18.7 Å². The van der Waals surface area contributed by atoms with Crippen molar-refractivity contribution in [1.29, 1.82) is 0 Å². The number of carbonyl (C=O) groups is 1. The lowest BCUT2D eigenvalue weighted by molar-refractivity contribution is -0.141. The zero-order chi connectivity index (χ0) is 19.0. The van der Waals surface area contributed by atoms with Gasteiger partial charge in [0.1, 0.15) is 30.0 Å². The molecular formula is C18H16ClN5O3. The van der Waals surface area contributed by atoms with Crippen molar-refractivity contribution in [2.24, 2.45) is 0 Å². The van der Waals surface area contributed by atoms with Crippen LogP contribution in [0.15, 0.2) is 41.2 Å². The maximum atomic E-state index is 11.5. The number of aromatic nitrogens is 4. The number of fused-ring (bicyclic) bond motifs is 2. The number of hydrogen-bond acceptors (Lipinski definition) is 7. The predicted molar refractivity (Wildman–Crippen MR) is 101 cm³/mol. The number of benzene rings is 1. The van der Waals surface area contributed by atoms with Crippen LogP contribution >= 0.6 is 11.6 Å². The fourth-order valence-electron chi connectivity index (χ4n) is 2.83. The smallest absolute Gasteiger partial charge is 0.327 e. The molecule has 1 N–H and O–H groups in total. The molecule has 0 fully saturated rings. The van der Waals surface area contributed by atoms with Crippen molar-refractivity contribution in [2.75, 3.05) is 12.4 Å². The van der Waals surface area contributed by atoms with E-state index >= 15 is 0 Å². The Morgan fingerprint density at radius 2 is 2.22 bits per heavy atom. The van der Waals surface area contributed by atoms with E-state index in [2.05, 4.69) is 25.1 Å². The second kappa shape index (κ2) is 6.88. The molecule has 0 spiro atoms. The maximum absolute atomic E-state index is 11.5. The first-order valence-corrected chi connectivity index (χ1v) is 8.62. The Kier molecular flexibility index (Phi) is 4.41. The minimum Gasteiger partial charge on any atom is -0.468 e. The van der Waals surface area contributed by atoms with Gasteiger partial charge < -0.3 is 14.5 Å². The molecule has 8 nitrogen and oxygen atoms in total. The number of methoxy groups -OCH3 is 1. The summed E-state index contributed by atoms with van der Waals surface area (Å²) >= 11 is 6.03. The van der Waals surface area contributed by atoms with Crippen LogP contribution in [0.5, 0.6) is 0 Å². The van der Waals surface area contributed by atoms with Crippen LogP contribution in [-0.2, 0) is 16.1 Å². The van der Waals surface area contributed by atoms with Crippen molar-refractivity contribution in [3.8, 4) is 0 Å².